The van der Waals surface area contributed by atoms with Gasteiger partial charge in [-0.05, 0) is 18.8 Å². The molecule has 0 aromatic carbocycles. The molecule has 0 radical (unpaired) electrons. The summed E-state index contributed by atoms with van der Waals surface area (Å²) in [5.41, 5.74) is 0. The first kappa shape index (κ1) is 13.2. The van der Waals surface area contributed by atoms with Crippen LogP contribution in [0.1, 0.15) is 12.8 Å². The molecule has 1 aliphatic rings. The van der Waals surface area contributed by atoms with Gasteiger partial charge in [0.2, 0.25) is 0 Å². The van der Waals surface area contributed by atoms with Gasteiger partial charge >= 0.3 is 6.09 Å². The molecule has 0 aromatic heterocycles. The zero-order chi connectivity index (χ0) is 12.2. The van der Waals surface area contributed by atoms with Gasteiger partial charge in [-0.3, -0.25) is 4.18 Å². The Morgan fingerprint density at radius 2 is 1.94 bits per heavy atom. The minimum Gasteiger partial charge on any atom is -0.453 e. The summed E-state index contributed by atoms with van der Waals surface area (Å²) in [5, 5.41) is 0. The Morgan fingerprint density at radius 3 is 2.38 bits per heavy atom. The van der Waals surface area contributed by atoms with E-state index in [1.165, 1.54) is 7.11 Å². The van der Waals surface area contributed by atoms with Crippen molar-refractivity contribution >= 4 is 16.2 Å². The predicted molar refractivity (Wildman–Crippen MR) is 57.5 cm³/mol. The number of hydrogen-bond acceptors (Lipinski definition) is 5. The Kier molecular flexibility index (Phi) is 4.55. The molecule has 1 amide bonds. The van der Waals surface area contributed by atoms with Crippen molar-refractivity contribution < 1.29 is 22.1 Å². The lowest BCUT2D eigenvalue weighted by Gasteiger charge is -2.30. The molecule has 0 bridgehead atoms. The van der Waals surface area contributed by atoms with Gasteiger partial charge < -0.3 is 9.64 Å². The Labute approximate surface area is 95.6 Å². The van der Waals surface area contributed by atoms with Gasteiger partial charge in [-0.1, -0.05) is 0 Å². The number of nitrogens with zero attached hydrogens (tertiary/aromatic N) is 1. The van der Waals surface area contributed by atoms with E-state index in [1.54, 1.807) is 4.90 Å². The van der Waals surface area contributed by atoms with E-state index in [2.05, 4.69) is 4.74 Å². The van der Waals surface area contributed by atoms with Crippen LogP contribution in [0.25, 0.3) is 0 Å². The quantitative estimate of drug-likeness (QED) is 0.680. The number of methoxy groups -OCH3 is 1. The minimum atomic E-state index is -3.36. The summed E-state index contributed by atoms with van der Waals surface area (Å²) >= 11 is 0. The predicted octanol–water partition coefficient (Wildman–Crippen LogP) is 0.441. The highest BCUT2D eigenvalue weighted by molar-refractivity contribution is 7.85. The number of likely N-dealkylation sites (tertiary alicyclic amines) is 1. The smallest absolute Gasteiger partial charge is 0.409 e. The van der Waals surface area contributed by atoms with E-state index in [1.807, 2.05) is 0 Å². The topological polar surface area (TPSA) is 72.9 Å². The minimum absolute atomic E-state index is 0.190. The highest BCUT2D eigenvalue weighted by Gasteiger charge is 2.24. The zero-order valence-electron chi connectivity index (χ0n) is 9.51. The first-order valence-electron chi connectivity index (χ1n) is 5.09. The maximum atomic E-state index is 11.2. The van der Waals surface area contributed by atoms with Gasteiger partial charge in [-0.25, -0.2) is 4.79 Å². The van der Waals surface area contributed by atoms with Crippen LogP contribution in [0.2, 0.25) is 0 Å². The Morgan fingerprint density at radius 1 is 1.38 bits per heavy atom. The highest BCUT2D eigenvalue weighted by Crippen LogP contribution is 2.18. The van der Waals surface area contributed by atoms with Gasteiger partial charge in [-0.2, -0.15) is 8.42 Å². The Hall–Kier alpha value is -0.820. The van der Waals surface area contributed by atoms with Crippen LogP contribution in [0.3, 0.4) is 0 Å². The third-order valence-corrected chi connectivity index (χ3v) is 3.13. The van der Waals surface area contributed by atoms with E-state index in [0.717, 1.165) is 19.1 Å². The summed E-state index contributed by atoms with van der Waals surface area (Å²) in [6.45, 7) is 1.38. The van der Waals surface area contributed by atoms with E-state index >= 15 is 0 Å². The lowest BCUT2D eigenvalue weighted by atomic mass is 9.98. The maximum absolute atomic E-state index is 11.2. The Bertz CT molecular complexity index is 332. The third kappa shape index (κ3) is 4.36. The standard InChI is InChI=1S/C9H17NO5S/c1-14-9(11)10-5-3-8(4-6-10)7-15-16(2,12)13/h8H,3-7H2,1-2H3. The molecule has 0 saturated carbocycles. The molecule has 7 heteroatoms. The molecule has 0 aromatic rings. The molecule has 0 aliphatic carbocycles. The number of piperidine rings is 1. The van der Waals surface area contributed by atoms with E-state index in [0.29, 0.717) is 13.1 Å². The second kappa shape index (κ2) is 5.49. The average Bonchev–Trinajstić information content (AvgIpc) is 2.25. The average molecular weight is 251 g/mol. The van der Waals surface area contributed by atoms with Crippen molar-refractivity contribution in [1.29, 1.82) is 0 Å². The molecule has 1 aliphatic heterocycles. The lowest BCUT2D eigenvalue weighted by molar-refractivity contribution is 0.0972. The number of carbonyl (C=O) groups is 1. The molecule has 0 unspecified atom stereocenters. The lowest BCUT2D eigenvalue weighted by Crippen LogP contribution is -2.39. The number of hydrogen-bond donors (Lipinski definition) is 0. The van der Waals surface area contributed by atoms with E-state index in [9.17, 15) is 13.2 Å². The monoisotopic (exact) mass is 251 g/mol. The van der Waals surface area contributed by atoms with Gasteiger partial charge in [0, 0.05) is 13.1 Å². The summed E-state index contributed by atoms with van der Waals surface area (Å²) in [6, 6.07) is 0. The molecule has 1 heterocycles. The maximum Gasteiger partial charge on any atom is 0.409 e. The highest BCUT2D eigenvalue weighted by atomic mass is 32.2. The van der Waals surface area contributed by atoms with Gasteiger partial charge in [0.15, 0.2) is 0 Å². The Balaban J connectivity index is 2.30. The van der Waals surface area contributed by atoms with Crippen LogP contribution in [0, 0.1) is 5.92 Å². The first-order chi connectivity index (χ1) is 7.42. The molecule has 1 fully saturated rings. The number of carbonyl (C=O) groups excluding carboxylic acids is 1. The fourth-order valence-corrected chi connectivity index (χ4v) is 2.07. The van der Waals surface area contributed by atoms with Crippen molar-refractivity contribution in [2.24, 2.45) is 5.92 Å². The molecule has 6 nitrogen and oxygen atoms in total. The molecule has 16 heavy (non-hydrogen) atoms. The van der Waals surface area contributed by atoms with Crippen LogP contribution < -0.4 is 0 Å². The van der Waals surface area contributed by atoms with Gasteiger partial charge in [0.25, 0.3) is 10.1 Å². The van der Waals surface area contributed by atoms with Gasteiger partial charge in [0.05, 0.1) is 20.0 Å². The van der Waals surface area contributed by atoms with Crippen LogP contribution in [0.5, 0.6) is 0 Å². The summed E-state index contributed by atoms with van der Waals surface area (Å²) in [5.74, 6) is 0.190. The zero-order valence-corrected chi connectivity index (χ0v) is 10.3. The van der Waals surface area contributed by atoms with Crippen LogP contribution in [-0.2, 0) is 19.0 Å². The van der Waals surface area contributed by atoms with E-state index in [-0.39, 0.29) is 18.6 Å². The SMILES string of the molecule is COC(=O)N1CCC(COS(C)(=O)=O)CC1. The van der Waals surface area contributed by atoms with Crippen molar-refractivity contribution in [3.63, 3.8) is 0 Å². The normalized spacial score (nSPS) is 18.5. The summed E-state index contributed by atoms with van der Waals surface area (Å²) in [7, 11) is -2.01. The molecular weight excluding hydrogens is 234 g/mol. The summed E-state index contributed by atoms with van der Waals surface area (Å²) in [6.07, 6.45) is 2.19. The van der Waals surface area contributed by atoms with Crippen molar-refractivity contribution in [1.82, 2.24) is 4.90 Å². The fraction of sp³-hybridized carbons (Fsp3) is 0.889. The second-order valence-electron chi connectivity index (χ2n) is 3.89. The molecule has 0 spiro atoms. The third-order valence-electron chi connectivity index (χ3n) is 2.57. The largest absolute Gasteiger partial charge is 0.453 e. The first-order valence-corrected chi connectivity index (χ1v) is 6.91. The van der Waals surface area contributed by atoms with Crippen molar-refractivity contribution in [3.8, 4) is 0 Å². The van der Waals surface area contributed by atoms with Gasteiger partial charge in [-0.15, -0.1) is 0 Å². The van der Waals surface area contributed by atoms with Crippen LogP contribution in [-0.4, -0.2) is 52.5 Å². The van der Waals surface area contributed by atoms with E-state index < -0.39 is 10.1 Å². The molecular formula is C9H17NO5S. The molecule has 94 valence electrons. The van der Waals surface area contributed by atoms with Crippen LogP contribution in [0.15, 0.2) is 0 Å². The van der Waals surface area contributed by atoms with Crippen LogP contribution in [0.4, 0.5) is 4.79 Å². The summed E-state index contributed by atoms with van der Waals surface area (Å²) in [4.78, 5) is 12.8. The number of ether oxygens (including phenoxy) is 1. The van der Waals surface area contributed by atoms with Crippen molar-refractivity contribution in [3.05, 3.63) is 0 Å². The summed E-state index contributed by atoms with van der Waals surface area (Å²) < 4.78 is 30.9. The number of amides is 1. The molecule has 0 N–H and O–H groups in total. The molecule has 1 saturated heterocycles. The van der Waals surface area contributed by atoms with Crippen LogP contribution >= 0.6 is 0 Å². The fourth-order valence-electron chi connectivity index (χ4n) is 1.63. The molecule has 1 rings (SSSR count). The van der Waals surface area contributed by atoms with E-state index in [4.69, 9.17) is 4.18 Å². The number of rotatable bonds is 3. The van der Waals surface area contributed by atoms with Gasteiger partial charge in [0.1, 0.15) is 0 Å². The van der Waals surface area contributed by atoms with Crippen molar-refractivity contribution in [2.45, 2.75) is 12.8 Å². The molecule has 0 atom stereocenters. The second-order valence-corrected chi connectivity index (χ2v) is 5.53. The van der Waals surface area contributed by atoms with Crippen molar-refractivity contribution in [2.75, 3.05) is 33.1 Å².